The van der Waals surface area contributed by atoms with Gasteiger partial charge < -0.3 is 0 Å². The predicted molar refractivity (Wildman–Crippen MR) is 91.0 cm³/mol. The molecule has 0 atom stereocenters. The van der Waals surface area contributed by atoms with Crippen LogP contribution in [0.1, 0.15) is 5.56 Å². The zero-order valence-corrected chi connectivity index (χ0v) is 13.1. The highest BCUT2D eigenvalue weighted by molar-refractivity contribution is 6.31. The maximum absolute atomic E-state index is 14.4. The zero-order chi connectivity index (χ0) is 17.3. The Morgan fingerprint density at radius 3 is 1.79 bits per heavy atom. The van der Waals surface area contributed by atoms with Crippen LogP contribution in [0.3, 0.4) is 0 Å². The Labute approximate surface area is 142 Å². The average molecular weight is 344 g/mol. The minimum absolute atomic E-state index is 0.0894. The Kier molecular flexibility index (Phi) is 4.45. The lowest BCUT2D eigenvalue weighted by molar-refractivity contribution is 0.584. The molecule has 0 aromatic heterocycles. The van der Waals surface area contributed by atoms with Crippen molar-refractivity contribution >= 4 is 17.7 Å². The molecule has 0 unspecified atom stereocenters. The van der Waals surface area contributed by atoms with Gasteiger partial charge in [0.2, 0.25) is 0 Å². The van der Waals surface area contributed by atoms with Crippen LogP contribution in [0.2, 0.25) is 5.02 Å². The second-order valence-corrected chi connectivity index (χ2v) is 5.62. The van der Waals surface area contributed by atoms with Crippen LogP contribution in [0.15, 0.2) is 54.6 Å². The van der Waals surface area contributed by atoms with Gasteiger partial charge in [-0.05, 0) is 40.5 Å². The lowest BCUT2D eigenvalue weighted by atomic mass is 9.99. The molecule has 119 valence electrons. The number of benzene rings is 3. The molecule has 0 spiro atoms. The van der Waals surface area contributed by atoms with E-state index in [-0.39, 0.29) is 11.1 Å². The molecule has 0 amide bonds. The van der Waals surface area contributed by atoms with E-state index in [2.05, 4.69) is 0 Å². The summed E-state index contributed by atoms with van der Waals surface area (Å²) in [5.41, 5.74) is 2.49. The molecule has 3 aromatic carbocycles. The summed E-state index contributed by atoms with van der Waals surface area (Å²) in [6, 6.07) is 13.8. The van der Waals surface area contributed by atoms with Gasteiger partial charge >= 0.3 is 0 Å². The summed E-state index contributed by atoms with van der Waals surface area (Å²) in [5.74, 6) is -2.43. The molecule has 0 saturated carbocycles. The summed E-state index contributed by atoms with van der Waals surface area (Å²) in [6.45, 7) is 5.43. The van der Waals surface area contributed by atoms with Gasteiger partial charge in [0.25, 0.3) is 0 Å². The Bertz CT molecular complexity index is 892. The minimum atomic E-state index is -0.927. The van der Waals surface area contributed by atoms with E-state index in [9.17, 15) is 13.2 Å². The Morgan fingerprint density at radius 2 is 1.25 bits per heavy atom. The third-order valence-corrected chi connectivity index (χ3v) is 4.06. The fraction of sp³-hybridized carbons (Fsp3) is 0. The van der Waals surface area contributed by atoms with Crippen molar-refractivity contribution < 1.29 is 13.2 Å². The SMILES string of the molecule is [CH]=Cc1ccc(-c2ccc(-c3cc(F)c(Cl)c(F)c3)c(F)c2)cc1. The third-order valence-electron chi connectivity index (χ3n) is 3.70. The highest BCUT2D eigenvalue weighted by Gasteiger charge is 2.13. The Hall–Kier alpha value is -2.52. The maximum atomic E-state index is 14.4. The molecule has 1 radical (unpaired) electrons. The first-order valence-corrected chi connectivity index (χ1v) is 7.47. The molecule has 0 aliphatic rings. The molecule has 0 aliphatic carbocycles. The van der Waals surface area contributed by atoms with Crippen LogP contribution < -0.4 is 0 Å². The standard InChI is InChI=1S/C20H11ClF3/c1-2-12-3-5-13(6-4-12)14-7-8-16(17(22)9-14)15-10-18(23)20(21)19(24)11-15/h1-11H. The van der Waals surface area contributed by atoms with E-state index < -0.39 is 22.5 Å². The van der Waals surface area contributed by atoms with Crippen molar-refractivity contribution in [3.05, 3.63) is 89.2 Å². The number of halogens is 4. The molecule has 24 heavy (non-hydrogen) atoms. The summed E-state index contributed by atoms with van der Waals surface area (Å²) < 4.78 is 41.6. The molecule has 0 N–H and O–H groups in total. The normalized spacial score (nSPS) is 10.7. The Balaban J connectivity index is 2.02. The molecule has 4 heteroatoms. The van der Waals surface area contributed by atoms with Gasteiger partial charge in [0, 0.05) is 5.56 Å². The van der Waals surface area contributed by atoms with Gasteiger partial charge in [0.15, 0.2) is 0 Å². The van der Waals surface area contributed by atoms with Crippen molar-refractivity contribution in [2.24, 2.45) is 0 Å². The fourth-order valence-electron chi connectivity index (χ4n) is 2.43. The van der Waals surface area contributed by atoms with Crippen LogP contribution in [-0.2, 0) is 0 Å². The van der Waals surface area contributed by atoms with Crippen LogP contribution in [-0.4, -0.2) is 0 Å². The summed E-state index contributed by atoms with van der Waals surface area (Å²) in [4.78, 5) is 0. The summed E-state index contributed by atoms with van der Waals surface area (Å²) in [6.07, 6.45) is 1.47. The fourth-order valence-corrected chi connectivity index (χ4v) is 2.54. The van der Waals surface area contributed by atoms with E-state index in [0.717, 1.165) is 23.3 Å². The molecular weight excluding hydrogens is 333 g/mol. The van der Waals surface area contributed by atoms with E-state index >= 15 is 0 Å². The minimum Gasteiger partial charge on any atom is -0.206 e. The maximum Gasteiger partial charge on any atom is 0.145 e. The van der Waals surface area contributed by atoms with Crippen molar-refractivity contribution in [1.82, 2.24) is 0 Å². The summed E-state index contributed by atoms with van der Waals surface area (Å²) in [5, 5.41) is -0.604. The third kappa shape index (κ3) is 3.08. The van der Waals surface area contributed by atoms with Crippen LogP contribution >= 0.6 is 11.6 Å². The van der Waals surface area contributed by atoms with Gasteiger partial charge in [-0.2, -0.15) is 0 Å². The van der Waals surface area contributed by atoms with Gasteiger partial charge in [-0.1, -0.05) is 60.7 Å². The van der Waals surface area contributed by atoms with Gasteiger partial charge in [0.05, 0.1) is 0 Å². The van der Waals surface area contributed by atoms with Crippen LogP contribution in [0, 0.1) is 24.0 Å². The molecular formula is C20H11ClF3. The number of rotatable bonds is 3. The quantitative estimate of drug-likeness (QED) is 0.474. The van der Waals surface area contributed by atoms with E-state index in [1.165, 1.54) is 18.2 Å². The lowest BCUT2D eigenvalue weighted by Crippen LogP contribution is -1.91. The van der Waals surface area contributed by atoms with Crippen molar-refractivity contribution in [2.45, 2.75) is 0 Å². The molecule has 0 bridgehead atoms. The van der Waals surface area contributed by atoms with Gasteiger partial charge in [0.1, 0.15) is 22.5 Å². The number of hydrogen-bond donors (Lipinski definition) is 0. The molecule has 3 aromatic rings. The average Bonchev–Trinajstić information content (AvgIpc) is 2.59. The monoisotopic (exact) mass is 343 g/mol. The smallest absolute Gasteiger partial charge is 0.145 e. The second kappa shape index (κ2) is 6.54. The molecule has 0 nitrogen and oxygen atoms in total. The lowest BCUT2D eigenvalue weighted by Gasteiger charge is -2.08. The zero-order valence-electron chi connectivity index (χ0n) is 12.4. The first kappa shape index (κ1) is 16.3. The molecule has 0 fully saturated rings. The Morgan fingerprint density at radius 1 is 0.708 bits per heavy atom. The van der Waals surface area contributed by atoms with Crippen molar-refractivity contribution in [3.8, 4) is 22.3 Å². The second-order valence-electron chi connectivity index (χ2n) is 5.24. The van der Waals surface area contributed by atoms with Crippen LogP contribution in [0.25, 0.3) is 28.3 Å². The van der Waals surface area contributed by atoms with E-state index in [0.29, 0.717) is 5.56 Å². The van der Waals surface area contributed by atoms with E-state index in [4.69, 9.17) is 18.2 Å². The largest absolute Gasteiger partial charge is 0.206 e. The highest BCUT2D eigenvalue weighted by atomic mass is 35.5. The summed E-state index contributed by atoms with van der Waals surface area (Å²) >= 11 is 5.45. The topological polar surface area (TPSA) is 0 Å². The molecule has 0 aliphatic heterocycles. The molecule has 0 saturated heterocycles. The van der Waals surface area contributed by atoms with Gasteiger partial charge in [-0.25, -0.2) is 13.2 Å². The first-order valence-electron chi connectivity index (χ1n) is 7.09. The first-order chi connectivity index (χ1) is 11.5. The van der Waals surface area contributed by atoms with Crippen molar-refractivity contribution in [2.75, 3.05) is 0 Å². The molecule has 0 heterocycles. The summed E-state index contributed by atoms with van der Waals surface area (Å²) in [7, 11) is 0. The van der Waals surface area contributed by atoms with Crippen LogP contribution in [0.5, 0.6) is 0 Å². The highest BCUT2D eigenvalue weighted by Crippen LogP contribution is 2.31. The van der Waals surface area contributed by atoms with E-state index in [1.54, 1.807) is 6.07 Å². The van der Waals surface area contributed by atoms with Gasteiger partial charge in [-0.15, -0.1) is 0 Å². The van der Waals surface area contributed by atoms with Crippen molar-refractivity contribution in [1.29, 1.82) is 0 Å². The predicted octanol–water partition coefficient (Wildman–Crippen LogP) is 6.54. The van der Waals surface area contributed by atoms with Gasteiger partial charge in [-0.3, -0.25) is 0 Å². The van der Waals surface area contributed by atoms with Crippen LogP contribution in [0.4, 0.5) is 13.2 Å². The van der Waals surface area contributed by atoms with Crippen molar-refractivity contribution in [3.63, 3.8) is 0 Å². The molecule has 3 rings (SSSR count). The number of hydrogen-bond acceptors (Lipinski definition) is 0. The van der Waals surface area contributed by atoms with E-state index in [1.807, 2.05) is 24.3 Å².